The summed E-state index contributed by atoms with van der Waals surface area (Å²) in [5.41, 5.74) is 1.04. The quantitative estimate of drug-likeness (QED) is 0.872. The molecule has 2 saturated carbocycles. The maximum atomic E-state index is 10.9. The first-order valence-corrected chi connectivity index (χ1v) is 9.32. The number of aliphatic hydroxyl groups is 2. The van der Waals surface area contributed by atoms with Crippen LogP contribution < -0.4 is 0 Å². The van der Waals surface area contributed by atoms with Gasteiger partial charge in [0, 0.05) is 43.5 Å². The molecule has 2 heterocycles. The maximum absolute atomic E-state index is 10.9. The number of likely N-dealkylation sites (tertiary alicyclic amines) is 1. The highest BCUT2D eigenvalue weighted by atomic mass is 16.3. The van der Waals surface area contributed by atoms with Gasteiger partial charge in [-0.1, -0.05) is 30.3 Å². The Hall–Kier alpha value is -1.69. The van der Waals surface area contributed by atoms with Crippen LogP contribution in [0.15, 0.2) is 42.7 Å². The van der Waals surface area contributed by atoms with E-state index in [1.54, 1.807) is 0 Å². The summed E-state index contributed by atoms with van der Waals surface area (Å²) in [5, 5.41) is 20.8. The van der Waals surface area contributed by atoms with E-state index >= 15 is 0 Å². The van der Waals surface area contributed by atoms with Crippen molar-refractivity contribution in [2.45, 2.75) is 37.5 Å². The van der Waals surface area contributed by atoms with Gasteiger partial charge in [0.25, 0.3) is 0 Å². The Bertz CT molecular complexity index is 757. The number of imidazole rings is 1. The summed E-state index contributed by atoms with van der Waals surface area (Å²) in [6.45, 7) is 2.41. The number of hydrogen-bond acceptors (Lipinski definition) is 4. The zero-order valence-corrected chi connectivity index (χ0v) is 14.3. The van der Waals surface area contributed by atoms with Gasteiger partial charge in [0.1, 0.15) is 5.82 Å². The van der Waals surface area contributed by atoms with Crippen LogP contribution in [-0.4, -0.2) is 50.5 Å². The van der Waals surface area contributed by atoms with Gasteiger partial charge in [-0.25, -0.2) is 4.98 Å². The van der Waals surface area contributed by atoms with Crippen LogP contribution in [0, 0.1) is 11.3 Å². The highest BCUT2D eigenvalue weighted by Gasteiger charge is 2.70. The molecule has 0 radical (unpaired) electrons. The van der Waals surface area contributed by atoms with Crippen LogP contribution in [-0.2, 0) is 6.54 Å². The lowest BCUT2D eigenvalue weighted by Gasteiger charge is -2.17. The first-order chi connectivity index (χ1) is 12.2. The number of aliphatic hydroxyl groups excluding tert-OH is 2. The van der Waals surface area contributed by atoms with Gasteiger partial charge < -0.3 is 14.8 Å². The van der Waals surface area contributed by atoms with Crippen molar-refractivity contribution >= 4 is 0 Å². The fourth-order valence-corrected chi connectivity index (χ4v) is 5.13. The minimum Gasteiger partial charge on any atom is -0.396 e. The molecule has 2 aliphatic carbocycles. The molecule has 0 bridgehead atoms. The molecule has 3 fully saturated rings. The smallest absolute Gasteiger partial charge is 0.123 e. The summed E-state index contributed by atoms with van der Waals surface area (Å²) in [5.74, 6) is 1.50. The number of β-amino-alcohol motifs (C(OH)–C–C–N with tert-alkyl or cyclic N) is 1. The Labute approximate surface area is 147 Å². The van der Waals surface area contributed by atoms with Crippen molar-refractivity contribution in [1.29, 1.82) is 0 Å². The van der Waals surface area contributed by atoms with Crippen molar-refractivity contribution in [2.75, 3.05) is 19.7 Å². The lowest BCUT2D eigenvalue weighted by atomic mass is 9.95. The van der Waals surface area contributed by atoms with Crippen LogP contribution in [0.5, 0.6) is 0 Å². The zero-order valence-electron chi connectivity index (χ0n) is 14.3. The molecule has 2 N–H and O–H groups in total. The summed E-state index contributed by atoms with van der Waals surface area (Å²) in [6.07, 6.45) is 6.07. The molecular weight excluding hydrogens is 314 g/mol. The van der Waals surface area contributed by atoms with E-state index in [-0.39, 0.29) is 30.0 Å². The van der Waals surface area contributed by atoms with Crippen LogP contribution in [0.1, 0.15) is 36.2 Å². The van der Waals surface area contributed by atoms with E-state index in [2.05, 4.69) is 32.8 Å². The molecular formula is C20H25N3O2. The molecule has 3 aliphatic rings. The van der Waals surface area contributed by atoms with E-state index in [9.17, 15) is 10.2 Å². The number of hydrogen-bond donors (Lipinski definition) is 2. The van der Waals surface area contributed by atoms with Gasteiger partial charge in [0.15, 0.2) is 0 Å². The molecule has 0 amide bonds. The standard InChI is InChI=1S/C20H25N3O2/c24-12-16-19(14-4-2-1-3-5-14)20(16)13-22(10-17(20)25)11-18-21-8-9-23(18)15-6-7-15/h1-5,8-9,15-17,19,24-25H,6-7,10-13H2/t16-,17-,19-,20-/m1/s1. The van der Waals surface area contributed by atoms with Crippen molar-refractivity contribution < 1.29 is 10.2 Å². The molecule has 2 aromatic rings. The van der Waals surface area contributed by atoms with E-state index in [1.807, 2.05) is 24.4 Å². The fourth-order valence-electron chi connectivity index (χ4n) is 5.13. The molecule has 1 saturated heterocycles. The summed E-state index contributed by atoms with van der Waals surface area (Å²) in [6, 6.07) is 11.0. The van der Waals surface area contributed by atoms with Crippen molar-refractivity contribution in [1.82, 2.24) is 14.5 Å². The first-order valence-electron chi connectivity index (χ1n) is 9.32. The van der Waals surface area contributed by atoms with Gasteiger partial charge in [-0.05, 0) is 30.2 Å². The van der Waals surface area contributed by atoms with Crippen LogP contribution >= 0.6 is 0 Å². The molecule has 1 aromatic heterocycles. The third kappa shape index (κ3) is 2.37. The van der Waals surface area contributed by atoms with Gasteiger partial charge in [0.05, 0.1) is 12.6 Å². The van der Waals surface area contributed by atoms with Crippen LogP contribution in [0.4, 0.5) is 0 Å². The monoisotopic (exact) mass is 339 g/mol. The zero-order chi connectivity index (χ0) is 17.0. The molecule has 0 unspecified atom stereocenters. The minimum absolute atomic E-state index is 0.140. The average molecular weight is 339 g/mol. The van der Waals surface area contributed by atoms with Gasteiger partial charge in [-0.2, -0.15) is 0 Å². The Balaban J connectivity index is 1.36. The predicted molar refractivity (Wildman–Crippen MR) is 94.0 cm³/mol. The van der Waals surface area contributed by atoms with Crippen LogP contribution in [0.25, 0.3) is 0 Å². The second-order valence-electron chi connectivity index (χ2n) is 7.96. The molecule has 5 rings (SSSR count). The van der Waals surface area contributed by atoms with E-state index in [0.717, 1.165) is 18.9 Å². The molecule has 25 heavy (non-hydrogen) atoms. The van der Waals surface area contributed by atoms with E-state index in [1.165, 1.54) is 18.4 Å². The molecule has 1 spiro atoms. The molecule has 5 heteroatoms. The van der Waals surface area contributed by atoms with Gasteiger partial charge >= 0.3 is 0 Å². The summed E-state index contributed by atoms with van der Waals surface area (Å²) in [4.78, 5) is 6.86. The normalized spacial score (nSPS) is 34.7. The average Bonchev–Trinajstić information content (AvgIpc) is 3.49. The second-order valence-corrected chi connectivity index (χ2v) is 7.96. The topological polar surface area (TPSA) is 61.5 Å². The number of aromatic nitrogens is 2. The Morgan fingerprint density at radius 2 is 2.00 bits per heavy atom. The molecule has 1 aromatic carbocycles. The van der Waals surface area contributed by atoms with E-state index in [0.29, 0.717) is 12.6 Å². The number of nitrogens with zero attached hydrogens (tertiary/aromatic N) is 3. The van der Waals surface area contributed by atoms with Crippen LogP contribution in [0.3, 0.4) is 0 Å². The van der Waals surface area contributed by atoms with Crippen molar-refractivity contribution in [2.24, 2.45) is 11.3 Å². The van der Waals surface area contributed by atoms with Crippen LogP contribution in [0.2, 0.25) is 0 Å². The largest absolute Gasteiger partial charge is 0.396 e. The Morgan fingerprint density at radius 3 is 2.72 bits per heavy atom. The van der Waals surface area contributed by atoms with Gasteiger partial charge in [-0.15, -0.1) is 0 Å². The van der Waals surface area contributed by atoms with Crippen molar-refractivity contribution in [3.05, 3.63) is 54.1 Å². The highest BCUT2D eigenvalue weighted by molar-refractivity contribution is 5.36. The third-order valence-electron chi connectivity index (χ3n) is 6.52. The summed E-state index contributed by atoms with van der Waals surface area (Å²) < 4.78 is 2.29. The molecule has 1 aliphatic heterocycles. The van der Waals surface area contributed by atoms with E-state index in [4.69, 9.17) is 0 Å². The van der Waals surface area contributed by atoms with E-state index < -0.39 is 0 Å². The summed E-state index contributed by atoms with van der Waals surface area (Å²) in [7, 11) is 0. The Kier molecular flexibility index (Phi) is 3.52. The van der Waals surface area contributed by atoms with Gasteiger partial charge in [-0.3, -0.25) is 4.90 Å². The Morgan fingerprint density at radius 1 is 1.20 bits per heavy atom. The minimum atomic E-state index is -0.390. The number of rotatable bonds is 5. The van der Waals surface area contributed by atoms with Crippen molar-refractivity contribution in [3.63, 3.8) is 0 Å². The molecule has 132 valence electrons. The first kappa shape index (κ1) is 15.6. The lowest BCUT2D eigenvalue weighted by molar-refractivity contribution is 0.111. The van der Waals surface area contributed by atoms with Gasteiger partial charge in [0.2, 0.25) is 0 Å². The fraction of sp³-hybridized carbons (Fsp3) is 0.550. The second kappa shape index (κ2) is 5.66. The van der Waals surface area contributed by atoms with Crippen molar-refractivity contribution in [3.8, 4) is 0 Å². The lowest BCUT2D eigenvalue weighted by Crippen LogP contribution is -2.23. The SMILES string of the molecule is OC[C@@H]1[C@@H](c2ccccc2)[C@]12CN(Cc1nccn1C1CC1)C[C@H]2O. The third-order valence-corrected chi connectivity index (χ3v) is 6.52. The number of benzene rings is 1. The predicted octanol–water partition coefficient (Wildman–Crippen LogP) is 1.79. The molecule has 4 atom stereocenters. The highest BCUT2D eigenvalue weighted by Crippen LogP contribution is 2.68. The maximum Gasteiger partial charge on any atom is 0.123 e. The summed E-state index contributed by atoms with van der Waals surface area (Å²) >= 11 is 0. The molecule has 5 nitrogen and oxygen atoms in total.